The predicted molar refractivity (Wildman–Crippen MR) is 57.4 cm³/mol. The lowest BCUT2D eigenvalue weighted by atomic mass is 10.1. The van der Waals surface area contributed by atoms with E-state index in [9.17, 15) is 19.7 Å². The van der Waals surface area contributed by atoms with E-state index in [1.807, 2.05) is 0 Å². The Morgan fingerprint density at radius 1 is 1.33 bits per heavy atom. The summed E-state index contributed by atoms with van der Waals surface area (Å²) in [5.41, 5.74) is 5.88. The molecule has 0 aromatic heterocycles. The molecule has 1 aromatic rings. The van der Waals surface area contributed by atoms with Crippen LogP contribution < -0.4 is 0 Å². The molecule has 1 rings (SSSR count). The van der Waals surface area contributed by atoms with Gasteiger partial charge in [0.05, 0.1) is 22.4 Å². The molecule has 0 radical (unpaired) electrons. The highest BCUT2D eigenvalue weighted by Gasteiger charge is 2.34. The first-order chi connectivity index (χ1) is 8.51. The van der Waals surface area contributed by atoms with E-state index in [0.29, 0.717) is 0 Å². The van der Waals surface area contributed by atoms with Gasteiger partial charge < -0.3 is 4.74 Å². The predicted octanol–water partition coefficient (Wildman–Crippen LogP) is 0.631. The van der Waals surface area contributed by atoms with Gasteiger partial charge in [-0.3, -0.25) is 14.9 Å². The molecule has 0 unspecified atom stereocenters. The van der Waals surface area contributed by atoms with Crippen LogP contribution in [0.1, 0.15) is 10.4 Å². The largest absolute Gasteiger partial charge is 0.495 e. The lowest BCUT2D eigenvalue weighted by molar-refractivity contribution is -0.384. The summed E-state index contributed by atoms with van der Waals surface area (Å²) in [5.74, 6) is -1.86. The highest BCUT2D eigenvalue weighted by molar-refractivity contribution is 6.65. The quantitative estimate of drug-likeness (QED) is 0.123. The van der Waals surface area contributed by atoms with Crippen molar-refractivity contribution in [2.45, 2.75) is 0 Å². The number of carbonyl (C=O) groups is 2. The molecule has 0 bridgehead atoms. The maximum absolute atomic E-state index is 11.7. The normalized spacial score (nSPS) is 9.17. The van der Waals surface area contributed by atoms with E-state index in [2.05, 4.69) is 9.53 Å². The van der Waals surface area contributed by atoms with Crippen LogP contribution in [0.15, 0.2) is 24.3 Å². The molecule has 0 fully saturated rings. The molecule has 0 aliphatic carbocycles. The SMILES string of the molecule is COC(=O)C(=[N+]=N)C(=O)c1ccc([N+](=O)[O-])cc1. The van der Waals surface area contributed by atoms with Crippen molar-refractivity contribution >= 4 is 23.2 Å². The van der Waals surface area contributed by atoms with E-state index >= 15 is 0 Å². The van der Waals surface area contributed by atoms with Gasteiger partial charge in [-0.15, -0.1) is 0 Å². The van der Waals surface area contributed by atoms with E-state index in [0.717, 1.165) is 19.2 Å². The number of methoxy groups -OCH3 is 1. The van der Waals surface area contributed by atoms with Crippen LogP contribution in [-0.2, 0) is 9.53 Å². The number of nitro groups is 1. The molecule has 92 valence electrons. The number of ether oxygens (including phenoxy) is 1. The first kappa shape index (κ1) is 13.2. The maximum atomic E-state index is 11.7. The number of nitrogens with one attached hydrogen (secondary N) is 1. The Balaban J connectivity index is 3.08. The Kier molecular flexibility index (Phi) is 4.01. The summed E-state index contributed by atoms with van der Waals surface area (Å²) in [6, 6.07) is 4.58. The number of hydrogen-bond donors (Lipinski definition) is 1. The number of Topliss-reactive ketones (excluding diaryl/α,β-unsaturated/α-hetero) is 1. The van der Waals surface area contributed by atoms with Crippen LogP contribution in [0.3, 0.4) is 0 Å². The van der Waals surface area contributed by atoms with Gasteiger partial charge in [0.1, 0.15) is 0 Å². The third-order valence-electron chi connectivity index (χ3n) is 2.05. The first-order valence-electron chi connectivity index (χ1n) is 4.63. The third-order valence-corrected chi connectivity index (χ3v) is 2.05. The molecule has 0 saturated carbocycles. The molecule has 8 nitrogen and oxygen atoms in total. The Morgan fingerprint density at radius 2 is 1.89 bits per heavy atom. The second kappa shape index (κ2) is 5.46. The van der Waals surface area contributed by atoms with Crippen molar-refractivity contribution in [3.8, 4) is 0 Å². The van der Waals surface area contributed by atoms with Gasteiger partial charge >= 0.3 is 11.7 Å². The lowest BCUT2D eigenvalue weighted by Crippen LogP contribution is -2.26. The average molecular weight is 250 g/mol. The van der Waals surface area contributed by atoms with Crippen LogP contribution in [0.5, 0.6) is 0 Å². The smallest absolute Gasteiger partial charge is 0.460 e. The van der Waals surface area contributed by atoms with Crippen LogP contribution >= 0.6 is 0 Å². The third kappa shape index (κ3) is 2.63. The zero-order valence-corrected chi connectivity index (χ0v) is 9.25. The van der Waals surface area contributed by atoms with Crippen LogP contribution in [0.2, 0.25) is 0 Å². The van der Waals surface area contributed by atoms with Crippen molar-refractivity contribution in [3.05, 3.63) is 39.9 Å². The number of nitro benzene ring substituents is 1. The van der Waals surface area contributed by atoms with Crippen molar-refractivity contribution in [1.82, 2.24) is 0 Å². The summed E-state index contributed by atoms with van der Waals surface area (Å²) < 4.78 is 4.29. The Labute approximate surface area is 101 Å². The van der Waals surface area contributed by atoms with Gasteiger partial charge in [0, 0.05) is 17.7 Å². The second-order valence-electron chi connectivity index (χ2n) is 3.09. The summed E-state index contributed by atoms with van der Waals surface area (Å²) in [5, 5.41) is 10.4. The fraction of sp³-hybridized carbons (Fsp3) is 0.100. The summed E-state index contributed by atoms with van der Waals surface area (Å²) in [4.78, 5) is 35.5. The summed E-state index contributed by atoms with van der Waals surface area (Å²) in [6.45, 7) is 0. The molecule has 8 heteroatoms. The fourth-order valence-electron chi connectivity index (χ4n) is 1.16. The summed E-state index contributed by atoms with van der Waals surface area (Å²) >= 11 is 0. The monoisotopic (exact) mass is 250 g/mol. The number of hydrogen-bond acceptors (Lipinski definition) is 6. The summed E-state index contributed by atoms with van der Waals surface area (Å²) in [7, 11) is 1.05. The van der Waals surface area contributed by atoms with Gasteiger partial charge in [0.2, 0.25) is 0 Å². The molecule has 0 atom stereocenters. The number of benzene rings is 1. The number of rotatable bonds is 4. The molecule has 0 aliphatic rings. The summed E-state index contributed by atoms with van der Waals surface area (Å²) in [6.07, 6.45) is 0. The van der Waals surface area contributed by atoms with Crippen LogP contribution in [0, 0.1) is 15.6 Å². The zero-order chi connectivity index (χ0) is 13.7. The lowest BCUT2D eigenvalue weighted by Gasteiger charge is -1.95. The van der Waals surface area contributed by atoms with Crippen molar-refractivity contribution in [2.24, 2.45) is 0 Å². The van der Waals surface area contributed by atoms with Crippen molar-refractivity contribution < 1.29 is 24.0 Å². The van der Waals surface area contributed by atoms with Crippen molar-refractivity contribution in [2.75, 3.05) is 7.11 Å². The van der Waals surface area contributed by atoms with Crippen molar-refractivity contribution in [1.29, 1.82) is 5.53 Å². The minimum Gasteiger partial charge on any atom is -0.460 e. The van der Waals surface area contributed by atoms with E-state index in [1.165, 1.54) is 12.1 Å². The average Bonchev–Trinajstić information content (AvgIpc) is 2.39. The highest BCUT2D eigenvalue weighted by atomic mass is 16.6. The van der Waals surface area contributed by atoms with Gasteiger partial charge in [0.15, 0.2) is 0 Å². The van der Waals surface area contributed by atoms with Gasteiger partial charge in [-0.2, -0.15) is 0 Å². The Bertz CT molecular complexity index is 557. The zero-order valence-electron chi connectivity index (χ0n) is 9.25. The molecule has 0 saturated heterocycles. The molecular weight excluding hydrogens is 242 g/mol. The molecule has 0 amide bonds. The molecule has 0 spiro atoms. The number of esters is 1. The first-order valence-corrected chi connectivity index (χ1v) is 4.63. The van der Waals surface area contributed by atoms with Crippen LogP contribution in [0.25, 0.3) is 0 Å². The molecule has 1 aromatic carbocycles. The highest BCUT2D eigenvalue weighted by Crippen LogP contribution is 2.12. The minimum absolute atomic E-state index is 0.0111. The molecular formula is C10H8N3O5+. The topological polar surface area (TPSA) is 124 Å². The van der Waals surface area contributed by atoms with E-state index in [-0.39, 0.29) is 11.3 Å². The Hall–Kier alpha value is -2.86. The second-order valence-corrected chi connectivity index (χ2v) is 3.09. The molecule has 18 heavy (non-hydrogen) atoms. The number of non-ortho nitro benzene ring substituents is 1. The number of nitrogens with zero attached hydrogens (tertiary/aromatic N) is 2. The van der Waals surface area contributed by atoms with Gasteiger partial charge in [0.25, 0.3) is 11.5 Å². The van der Waals surface area contributed by atoms with E-state index in [4.69, 9.17) is 5.53 Å². The molecule has 0 aliphatic heterocycles. The van der Waals surface area contributed by atoms with Gasteiger partial charge in [-0.25, -0.2) is 4.79 Å². The number of ketones is 1. The maximum Gasteiger partial charge on any atom is 0.495 e. The van der Waals surface area contributed by atoms with Gasteiger partial charge in [-0.1, -0.05) is 0 Å². The minimum atomic E-state index is -1.03. The Morgan fingerprint density at radius 3 is 2.28 bits per heavy atom. The number of carbonyl (C=O) groups excluding carboxylic acids is 2. The van der Waals surface area contributed by atoms with Gasteiger partial charge in [-0.05, 0) is 12.1 Å². The van der Waals surface area contributed by atoms with Crippen molar-refractivity contribution in [3.63, 3.8) is 0 Å². The molecule has 1 N–H and O–H groups in total. The standard InChI is InChI=1S/C10H8N3O5/c1-18-10(15)8(12-11)9(14)6-2-4-7(5-3-6)13(16)17/h2-5,11H,1H3/q+1. The van der Waals surface area contributed by atoms with Crippen LogP contribution in [-0.4, -0.2) is 34.3 Å². The fourth-order valence-corrected chi connectivity index (χ4v) is 1.16. The van der Waals surface area contributed by atoms with Crippen LogP contribution in [0.4, 0.5) is 5.69 Å². The van der Waals surface area contributed by atoms with E-state index in [1.54, 1.807) is 0 Å². The van der Waals surface area contributed by atoms with E-state index < -0.39 is 22.4 Å². The molecule has 0 heterocycles.